The van der Waals surface area contributed by atoms with Gasteiger partial charge in [-0.15, -0.1) is 0 Å². The average Bonchev–Trinajstić information content (AvgIpc) is 4.00. The van der Waals surface area contributed by atoms with Gasteiger partial charge in [0.2, 0.25) is 35.4 Å². The van der Waals surface area contributed by atoms with Crippen molar-refractivity contribution in [3.05, 3.63) is 101 Å². The van der Waals surface area contributed by atoms with Crippen molar-refractivity contribution in [3.63, 3.8) is 0 Å². The minimum absolute atomic E-state index is 0.0455. The van der Waals surface area contributed by atoms with Crippen LogP contribution >= 0.6 is 0 Å². The van der Waals surface area contributed by atoms with Crippen LogP contribution in [0.2, 0.25) is 0 Å². The van der Waals surface area contributed by atoms with Crippen LogP contribution in [-0.4, -0.2) is 140 Å². The van der Waals surface area contributed by atoms with Gasteiger partial charge in [-0.1, -0.05) is 102 Å². The van der Waals surface area contributed by atoms with Crippen molar-refractivity contribution in [3.8, 4) is 5.75 Å². The molecular weight excluding hydrogens is 945 g/mol. The molecule has 2 fully saturated rings. The summed E-state index contributed by atoms with van der Waals surface area (Å²) in [5, 5.41) is 23.6. The lowest BCUT2D eigenvalue weighted by Gasteiger charge is -2.36. The molecule has 5 rings (SSSR count). The molecule has 0 unspecified atom stereocenters. The van der Waals surface area contributed by atoms with Gasteiger partial charge in [0.25, 0.3) is 11.8 Å². The molecule has 2 saturated heterocycles. The van der Waals surface area contributed by atoms with Crippen molar-refractivity contribution in [2.45, 2.75) is 142 Å². The molecule has 19 nitrogen and oxygen atoms in total. The zero-order chi connectivity index (χ0) is 54.8. The second-order valence-corrected chi connectivity index (χ2v) is 21.7. The highest BCUT2D eigenvalue weighted by atomic mass is 16.5. The van der Waals surface area contributed by atoms with Crippen molar-refractivity contribution in [1.82, 2.24) is 52.3 Å². The maximum atomic E-state index is 14.6. The van der Waals surface area contributed by atoms with Crippen LogP contribution in [0.15, 0.2) is 78.9 Å². The Bertz CT molecular complexity index is 2330. The number of hydrogen-bond donors (Lipinski definition) is 8. The first-order valence-corrected chi connectivity index (χ1v) is 25.3. The molecule has 3 aromatic rings. The molecule has 3 aromatic carbocycles. The van der Waals surface area contributed by atoms with E-state index in [0.717, 1.165) is 11.1 Å². The highest BCUT2D eigenvalue weighted by Crippen LogP contribution is 2.30. The highest BCUT2D eigenvalue weighted by Gasteiger charge is 2.47. The van der Waals surface area contributed by atoms with Gasteiger partial charge < -0.3 is 57.1 Å². The lowest BCUT2D eigenvalue weighted by atomic mass is 9.85. The zero-order valence-electron chi connectivity index (χ0n) is 45.2. The van der Waals surface area contributed by atoms with Crippen LogP contribution in [0.4, 0.5) is 0 Å². The third-order valence-electron chi connectivity index (χ3n) is 13.9. The van der Waals surface area contributed by atoms with Crippen LogP contribution in [0.1, 0.15) is 126 Å². The Hall–Kier alpha value is -6.86. The van der Waals surface area contributed by atoms with Crippen molar-refractivity contribution < 1.29 is 43.1 Å². The van der Waals surface area contributed by atoms with E-state index < -0.39 is 119 Å². The maximum Gasteiger partial charge on any atom is 0.251 e. The Balaban J connectivity index is 1.39. The van der Waals surface area contributed by atoms with Crippen LogP contribution in [-0.2, 0) is 28.8 Å². The number of rotatable bonds is 19. The summed E-state index contributed by atoms with van der Waals surface area (Å²) in [6.45, 7) is 17.8. The molecule has 0 radical (unpaired) electrons. The zero-order valence-corrected chi connectivity index (χ0v) is 45.2. The average molecular weight is 1020 g/mol. The van der Waals surface area contributed by atoms with E-state index in [1.807, 2.05) is 116 Å². The summed E-state index contributed by atoms with van der Waals surface area (Å²) in [7, 11) is 4.66. The standard InChI is InChI=1S/C55H78N10O9/c1-31(35-20-16-14-17-21-35)58-50(70)42-27-39(29-64(42)52(72)44(54(5,6)7)62-46(66)33(3)56-11)60-48(68)37-24-38(26-41(25-37)74-13)49(69)61-40-28-43(51(71)59-32(2)36-22-18-15-19-23-36)65(30-40)53(73)45(55(8,9)10)63-47(67)34(4)57-12/h14-26,31-34,39-40,42-45,56-57H,27-30H2,1-13H3,(H,58,70)(H,59,71)(H,60,68)(H,61,69)(H,62,66)(H,63,67)/t31-,32-,33+,34+,39+,40+,42+,43+,44-,45-/m1/s1. The second-order valence-electron chi connectivity index (χ2n) is 21.7. The fourth-order valence-corrected chi connectivity index (χ4v) is 9.08. The van der Waals surface area contributed by atoms with Crippen LogP contribution in [0.25, 0.3) is 0 Å². The lowest BCUT2D eigenvalue weighted by Crippen LogP contribution is -2.59. The minimum atomic E-state index is -1.03. The van der Waals surface area contributed by atoms with Crippen molar-refractivity contribution in [2.75, 3.05) is 34.3 Å². The summed E-state index contributed by atoms with van der Waals surface area (Å²) in [5.41, 5.74) is 0.271. The van der Waals surface area contributed by atoms with Gasteiger partial charge in [0.1, 0.15) is 29.9 Å². The third-order valence-corrected chi connectivity index (χ3v) is 13.9. The van der Waals surface area contributed by atoms with Gasteiger partial charge in [-0.3, -0.25) is 38.4 Å². The smallest absolute Gasteiger partial charge is 0.251 e. The van der Waals surface area contributed by atoms with E-state index in [0.29, 0.717) is 0 Å². The summed E-state index contributed by atoms with van der Waals surface area (Å²) < 4.78 is 5.56. The van der Waals surface area contributed by atoms with Crippen LogP contribution in [0, 0.1) is 10.8 Å². The summed E-state index contributed by atoms with van der Waals surface area (Å²) in [5.74, 6) is -3.67. The van der Waals surface area contributed by atoms with E-state index in [1.54, 1.807) is 27.9 Å². The first-order chi connectivity index (χ1) is 34.8. The Morgan fingerprint density at radius 2 is 0.892 bits per heavy atom. The largest absolute Gasteiger partial charge is 0.497 e. The number of nitrogens with zero attached hydrogens (tertiary/aromatic N) is 2. The molecule has 0 spiro atoms. The SMILES string of the molecule is CN[C@@H](C)C(=O)N[C@H](C(=O)N1C[C@@H](NC(=O)c2cc(OC)cc(C(=O)N[C@H]3C[C@@H](C(=O)N[C@H](C)c4ccccc4)N(C(=O)[C@@H](NC(=O)[C@H](C)NC)C(C)(C)C)C3)c2)C[C@H]1C(=O)N[C@H](C)c1ccccc1)C(C)(C)C. The highest BCUT2D eigenvalue weighted by molar-refractivity contribution is 6.01. The first-order valence-electron chi connectivity index (χ1n) is 25.3. The van der Waals surface area contributed by atoms with E-state index in [4.69, 9.17) is 4.74 Å². The van der Waals surface area contributed by atoms with Gasteiger partial charge in [0.15, 0.2) is 0 Å². The quantitative estimate of drug-likeness (QED) is 0.0867. The second kappa shape index (κ2) is 24.9. The van der Waals surface area contributed by atoms with E-state index in [9.17, 15) is 38.4 Å². The predicted molar refractivity (Wildman–Crippen MR) is 282 cm³/mol. The number of carbonyl (C=O) groups excluding carboxylic acids is 8. The monoisotopic (exact) mass is 1020 g/mol. The van der Waals surface area contributed by atoms with Gasteiger partial charge in [-0.2, -0.15) is 0 Å². The summed E-state index contributed by atoms with van der Waals surface area (Å²) in [6.07, 6.45) is 0.0911. The maximum absolute atomic E-state index is 14.6. The molecule has 0 aromatic heterocycles. The number of ether oxygens (including phenoxy) is 1. The fourth-order valence-electron chi connectivity index (χ4n) is 9.08. The third kappa shape index (κ3) is 14.7. The molecule has 0 bridgehead atoms. The molecule has 8 N–H and O–H groups in total. The molecule has 19 heteroatoms. The van der Waals surface area contributed by atoms with Gasteiger partial charge in [0, 0.05) is 36.3 Å². The van der Waals surface area contributed by atoms with E-state index >= 15 is 0 Å². The van der Waals surface area contributed by atoms with E-state index in [2.05, 4.69) is 42.5 Å². The molecule has 2 aliphatic heterocycles. The first kappa shape index (κ1) is 58.0. The number of carbonyl (C=O) groups is 8. The molecule has 74 heavy (non-hydrogen) atoms. The van der Waals surface area contributed by atoms with Gasteiger partial charge >= 0.3 is 0 Å². The molecule has 2 heterocycles. The molecule has 10 atom stereocenters. The normalized spacial score (nSPS) is 20.2. The van der Waals surface area contributed by atoms with Gasteiger partial charge in [0.05, 0.1) is 31.3 Å². The Kier molecular flexibility index (Phi) is 19.5. The number of likely N-dealkylation sites (tertiary alicyclic amines) is 2. The number of likely N-dealkylation sites (N-methyl/N-ethyl adjacent to an activating group) is 2. The van der Waals surface area contributed by atoms with E-state index in [1.165, 1.54) is 35.1 Å². The molecule has 8 amide bonds. The lowest BCUT2D eigenvalue weighted by molar-refractivity contribution is -0.144. The van der Waals surface area contributed by atoms with Crippen molar-refractivity contribution in [1.29, 1.82) is 0 Å². The Morgan fingerprint density at radius 1 is 0.541 bits per heavy atom. The predicted octanol–water partition coefficient (Wildman–Crippen LogP) is 3.13. The Labute approximate surface area is 435 Å². The van der Waals surface area contributed by atoms with Crippen molar-refractivity contribution >= 4 is 47.3 Å². The van der Waals surface area contributed by atoms with Crippen molar-refractivity contribution in [2.24, 2.45) is 10.8 Å². The van der Waals surface area contributed by atoms with Crippen LogP contribution < -0.4 is 47.3 Å². The van der Waals surface area contributed by atoms with Crippen LogP contribution in [0.5, 0.6) is 5.75 Å². The topological polar surface area (TPSA) is 249 Å². The molecular formula is C55H78N10O9. The Morgan fingerprint density at radius 3 is 1.20 bits per heavy atom. The number of hydrogen-bond acceptors (Lipinski definition) is 11. The molecule has 0 saturated carbocycles. The summed E-state index contributed by atoms with van der Waals surface area (Å²) >= 11 is 0. The summed E-state index contributed by atoms with van der Waals surface area (Å²) in [6, 6.07) is 15.4. The minimum Gasteiger partial charge on any atom is -0.497 e. The number of nitrogens with one attached hydrogen (secondary N) is 8. The van der Waals surface area contributed by atoms with E-state index in [-0.39, 0.29) is 42.8 Å². The fraction of sp³-hybridized carbons (Fsp3) is 0.527. The molecule has 0 aliphatic carbocycles. The van der Waals surface area contributed by atoms with Crippen LogP contribution in [0.3, 0.4) is 0 Å². The number of benzene rings is 3. The van der Waals surface area contributed by atoms with Gasteiger partial charge in [-0.05, 0) is 94.8 Å². The summed E-state index contributed by atoms with van der Waals surface area (Å²) in [4.78, 5) is 115. The number of methoxy groups -OCH3 is 1. The van der Waals surface area contributed by atoms with Gasteiger partial charge in [-0.25, -0.2) is 0 Å². The molecule has 2 aliphatic rings. The number of amides is 8. The molecule has 402 valence electrons.